The zero-order valence-corrected chi connectivity index (χ0v) is 10.5. The lowest BCUT2D eigenvalue weighted by Gasteiger charge is -2.06. The van der Waals surface area contributed by atoms with Crippen molar-refractivity contribution >= 4 is 33.7 Å². The minimum Gasteiger partial charge on any atom is -0.367 e. The summed E-state index contributed by atoms with van der Waals surface area (Å²) in [6, 6.07) is 0. The van der Waals surface area contributed by atoms with E-state index in [9.17, 15) is 4.21 Å². The van der Waals surface area contributed by atoms with Gasteiger partial charge in [-0.2, -0.15) is 9.97 Å². The van der Waals surface area contributed by atoms with E-state index < -0.39 is 10.8 Å². The first kappa shape index (κ1) is 11.8. The number of hydrogen-bond donors (Lipinski definition) is 3. The number of aromatic nitrogens is 4. The van der Waals surface area contributed by atoms with E-state index in [1.807, 2.05) is 0 Å². The maximum Gasteiger partial charge on any atom is 0.226 e. The number of nitrogens with one attached hydrogen (secondary N) is 3. The lowest BCUT2D eigenvalue weighted by atomic mass is 10.5. The summed E-state index contributed by atoms with van der Waals surface area (Å²) < 4.78 is 11.0. The standard InChI is InChI=1S/C9H14N6OS/c1-10-9-14-7(11-3-4-17(2)16)6-8(15-9)13-5-12-6/h5H,3-4H2,1-2H3,(H3,10,11,12,13,14,15). The molecule has 1 atom stereocenters. The number of imidazole rings is 1. The molecule has 0 radical (unpaired) electrons. The van der Waals surface area contributed by atoms with Gasteiger partial charge in [-0.3, -0.25) is 4.21 Å². The molecule has 0 bridgehead atoms. The maximum absolute atomic E-state index is 11.0. The Morgan fingerprint density at radius 3 is 3.00 bits per heavy atom. The van der Waals surface area contributed by atoms with Gasteiger partial charge in [-0.15, -0.1) is 0 Å². The fraction of sp³-hybridized carbons (Fsp3) is 0.444. The molecule has 0 fully saturated rings. The summed E-state index contributed by atoms with van der Waals surface area (Å²) in [6.07, 6.45) is 3.24. The van der Waals surface area contributed by atoms with Crippen LogP contribution in [0.5, 0.6) is 0 Å². The predicted molar refractivity (Wildman–Crippen MR) is 68.7 cm³/mol. The van der Waals surface area contributed by atoms with Gasteiger partial charge in [-0.25, -0.2) is 4.98 Å². The summed E-state index contributed by atoms with van der Waals surface area (Å²) in [6.45, 7) is 0.595. The Labute approximate surface area is 101 Å². The molecular weight excluding hydrogens is 240 g/mol. The molecule has 0 spiro atoms. The molecule has 0 amide bonds. The molecule has 17 heavy (non-hydrogen) atoms. The van der Waals surface area contributed by atoms with Crippen molar-refractivity contribution in [3.63, 3.8) is 0 Å². The Bertz CT molecular complexity index is 539. The van der Waals surface area contributed by atoms with Gasteiger partial charge >= 0.3 is 0 Å². The van der Waals surface area contributed by atoms with Crippen LogP contribution in [0.3, 0.4) is 0 Å². The first-order chi connectivity index (χ1) is 8.20. The van der Waals surface area contributed by atoms with Gasteiger partial charge in [-0.1, -0.05) is 0 Å². The van der Waals surface area contributed by atoms with Crippen LogP contribution in [0.2, 0.25) is 0 Å². The second-order valence-corrected chi connectivity index (χ2v) is 5.01. The van der Waals surface area contributed by atoms with Crippen LogP contribution in [0, 0.1) is 0 Å². The van der Waals surface area contributed by atoms with E-state index in [4.69, 9.17) is 0 Å². The maximum atomic E-state index is 11.0. The summed E-state index contributed by atoms with van der Waals surface area (Å²) in [7, 11) is 0.931. The summed E-state index contributed by atoms with van der Waals surface area (Å²) in [4.78, 5) is 15.5. The van der Waals surface area contributed by atoms with Gasteiger partial charge < -0.3 is 15.6 Å². The third kappa shape index (κ3) is 2.70. The number of hydrogen-bond acceptors (Lipinski definition) is 6. The first-order valence-electron chi connectivity index (χ1n) is 5.13. The molecule has 2 aromatic rings. The zero-order chi connectivity index (χ0) is 12.3. The van der Waals surface area contributed by atoms with Gasteiger partial charge in [0, 0.05) is 36.4 Å². The average molecular weight is 254 g/mol. The van der Waals surface area contributed by atoms with E-state index in [0.717, 1.165) is 5.52 Å². The molecule has 8 heteroatoms. The predicted octanol–water partition coefficient (Wildman–Crippen LogP) is 0.185. The highest BCUT2D eigenvalue weighted by atomic mass is 32.2. The van der Waals surface area contributed by atoms with Crippen molar-refractivity contribution in [3.8, 4) is 0 Å². The van der Waals surface area contributed by atoms with Crippen molar-refractivity contribution in [2.75, 3.05) is 36.2 Å². The molecule has 0 saturated heterocycles. The van der Waals surface area contributed by atoms with Crippen molar-refractivity contribution in [1.82, 2.24) is 19.9 Å². The van der Waals surface area contributed by atoms with Gasteiger partial charge in [0.15, 0.2) is 11.5 Å². The smallest absolute Gasteiger partial charge is 0.226 e. The monoisotopic (exact) mass is 254 g/mol. The summed E-state index contributed by atoms with van der Waals surface area (Å²) in [5.74, 6) is 1.75. The summed E-state index contributed by atoms with van der Waals surface area (Å²) in [5, 5.41) is 6.00. The number of fused-ring (bicyclic) bond motifs is 1. The number of nitrogens with zero attached hydrogens (tertiary/aromatic N) is 3. The zero-order valence-electron chi connectivity index (χ0n) is 9.65. The molecular formula is C9H14N6OS. The van der Waals surface area contributed by atoms with E-state index in [0.29, 0.717) is 29.7 Å². The molecule has 2 rings (SSSR count). The van der Waals surface area contributed by atoms with Crippen LogP contribution in [0.15, 0.2) is 6.33 Å². The highest BCUT2D eigenvalue weighted by Crippen LogP contribution is 2.17. The molecule has 0 aliphatic carbocycles. The van der Waals surface area contributed by atoms with Crippen LogP contribution in [-0.2, 0) is 10.8 Å². The van der Waals surface area contributed by atoms with Crippen molar-refractivity contribution in [2.24, 2.45) is 0 Å². The summed E-state index contributed by atoms with van der Waals surface area (Å²) >= 11 is 0. The van der Waals surface area contributed by atoms with Crippen LogP contribution >= 0.6 is 0 Å². The van der Waals surface area contributed by atoms with Gasteiger partial charge in [0.1, 0.15) is 5.52 Å². The average Bonchev–Trinajstić information content (AvgIpc) is 2.76. The molecule has 0 aliphatic rings. The highest BCUT2D eigenvalue weighted by molar-refractivity contribution is 7.84. The van der Waals surface area contributed by atoms with Gasteiger partial charge in [-0.05, 0) is 0 Å². The Morgan fingerprint density at radius 1 is 1.47 bits per heavy atom. The van der Waals surface area contributed by atoms with E-state index in [-0.39, 0.29) is 0 Å². The van der Waals surface area contributed by atoms with E-state index in [2.05, 4.69) is 30.6 Å². The highest BCUT2D eigenvalue weighted by Gasteiger charge is 2.08. The minimum atomic E-state index is -0.818. The van der Waals surface area contributed by atoms with Gasteiger partial charge in [0.2, 0.25) is 5.95 Å². The minimum absolute atomic E-state index is 0.504. The molecule has 0 saturated carbocycles. The number of rotatable bonds is 5. The van der Waals surface area contributed by atoms with E-state index in [1.54, 1.807) is 19.6 Å². The SMILES string of the molecule is CNc1nc(NCCS(C)=O)c2[nH]cnc2n1. The molecule has 2 aromatic heterocycles. The van der Waals surface area contributed by atoms with E-state index >= 15 is 0 Å². The molecule has 7 nitrogen and oxygen atoms in total. The quantitative estimate of drug-likeness (QED) is 0.704. The van der Waals surface area contributed by atoms with E-state index in [1.165, 1.54) is 0 Å². The fourth-order valence-electron chi connectivity index (χ4n) is 1.39. The van der Waals surface area contributed by atoms with Crippen molar-refractivity contribution in [1.29, 1.82) is 0 Å². The number of anilines is 2. The Morgan fingerprint density at radius 2 is 2.29 bits per heavy atom. The van der Waals surface area contributed by atoms with Crippen molar-refractivity contribution in [3.05, 3.63) is 6.33 Å². The lowest BCUT2D eigenvalue weighted by Crippen LogP contribution is -2.12. The van der Waals surface area contributed by atoms with Gasteiger partial charge in [0.05, 0.1) is 6.33 Å². The van der Waals surface area contributed by atoms with Crippen LogP contribution in [0.4, 0.5) is 11.8 Å². The lowest BCUT2D eigenvalue weighted by molar-refractivity contribution is 0.687. The Kier molecular flexibility index (Phi) is 3.52. The first-order valence-corrected chi connectivity index (χ1v) is 6.86. The molecule has 0 aliphatic heterocycles. The van der Waals surface area contributed by atoms with Crippen LogP contribution in [-0.4, -0.2) is 49.7 Å². The van der Waals surface area contributed by atoms with Gasteiger partial charge in [0.25, 0.3) is 0 Å². The summed E-state index contributed by atoms with van der Waals surface area (Å²) in [5.41, 5.74) is 1.36. The number of aromatic amines is 1. The molecule has 2 heterocycles. The third-order valence-corrected chi connectivity index (χ3v) is 2.97. The second-order valence-electron chi connectivity index (χ2n) is 3.45. The van der Waals surface area contributed by atoms with Crippen LogP contribution in [0.1, 0.15) is 0 Å². The van der Waals surface area contributed by atoms with Crippen molar-refractivity contribution in [2.45, 2.75) is 0 Å². The second kappa shape index (κ2) is 5.09. The third-order valence-electron chi connectivity index (χ3n) is 2.19. The molecule has 0 aromatic carbocycles. The van der Waals surface area contributed by atoms with Crippen LogP contribution < -0.4 is 10.6 Å². The fourth-order valence-corrected chi connectivity index (χ4v) is 1.78. The van der Waals surface area contributed by atoms with Crippen molar-refractivity contribution < 1.29 is 4.21 Å². The molecule has 1 unspecified atom stereocenters. The Balaban J connectivity index is 2.24. The Hall–Kier alpha value is -1.70. The largest absolute Gasteiger partial charge is 0.367 e. The number of H-pyrrole nitrogens is 1. The topological polar surface area (TPSA) is 95.6 Å². The molecule has 3 N–H and O–H groups in total. The molecule has 92 valence electrons. The normalized spacial score (nSPS) is 12.6. The van der Waals surface area contributed by atoms with Crippen LogP contribution in [0.25, 0.3) is 11.2 Å².